The van der Waals surface area contributed by atoms with Gasteiger partial charge < -0.3 is 18.4 Å². The Kier molecular flexibility index (Phi) is 19.0. The second-order valence-electron chi connectivity index (χ2n) is 14.2. The first-order valence-corrected chi connectivity index (χ1v) is 17.0. The average molecular weight is 591 g/mol. The van der Waals surface area contributed by atoms with Gasteiger partial charge in [-0.15, -0.1) is 0 Å². The Hall–Kier alpha value is -1.92. The molecule has 0 aliphatic heterocycles. The highest BCUT2D eigenvalue weighted by Gasteiger charge is 2.17. The molecule has 0 aromatic heterocycles. The number of quaternary nitrogens is 2. The quantitative estimate of drug-likeness (QED) is 0.0526. The lowest BCUT2D eigenvalue weighted by Crippen LogP contribution is -2.35. The maximum absolute atomic E-state index is 12.7. The summed E-state index contributed by atoms with van der Waals surface area (Å²) in [6.45, 7) is 6.63. The van der Waals surface area contributed by atoms with Crippen molar-refractivity contribution in [1.29, 1.82) is 0 Å². The van der Waals surface area contributed by atoms with E-state index in [9.17, 15) is 9.59 Å². The highest BCUT2D eigenvalue weighted by Crippen LogP contribution is 2.33. The van der Waals surface area contributed by atoms with Crippen molar-refractivity contribution in [3.63, 3.8) is 0 Å². The van der Waals surface area contributed by atoms with Crippen molar-refractivity contribution < 1.29 is 28.0 Å². The summed E-state index contributed by atoms with van der Waals surface area (Å²) in [6, 6.07) is 3.79. The van der Waals surface area contributed by atoms with Gasteiger partial charge in [0.15, 0.2) is 11.5 Å². The number of aryl methyl sites for hydroxylation is 2. The molecule has 0 fully saturated rings. The van der Waals surface area contributed by atoms with Crippen LogP contribution in [-0.4, -0.2) is 76.3 Å². The minimum Gasteiger partial charge on any atom is -0.423 e. The summed E-state index contributed by atoms with van der Waals surface area (Å²) in [4.78, 5) is 25.4. The molecule has 0 saturated carbocycles. The van der Waals surface area contributed by atoms with Gasteiger partial charge in [0.2, 0.25) is 0 Å². The van der Waals surface area contributed by atoms with E-state index in [1.807, 2.05) is 12.1 Å². The summed E-state index contributed by atoms with van der Waals surface area (Å²) in [6.07, 6.45) is 18.6. The number of nitrogens with zero attached hydrogens (tertiary/aromatic N) is 2. The Morgan fingerprint density at radius 2 is 0.786 bits per heavy atom. The smallest absolute Gasteiger partial charge is 0.311 e. The molecule has 0 atom stereocenters. The van der Waals surface area contributed by atoms with Crippen LogP contribution in [0.3, 0.4) is 0 Å². The maximum atomic E-state index is 12.7. The Balaban J connectivity index is 2.44. The fourth-order valence-corrected chi connectivity index (χ4v) is 5.29. The molecule has 0 N–H and O–H groups in total. The highest BCUT2D eigenvalue weighted by molar-refractivity contribution is 5.76. The van der Waals surface area contributed by atoms with Crippen molar-refractivity contribution >= 4 is 11.9 Å². The molecule has 0 saturated heterocycles. The largest absolute Gasteiger partial charge is 0.423 e. The summed E-state index contributed by atoms with van der Waals surface area (Å²) in [5, 5.41) is 0. The van der Waals surface area contributed by atoms with Crippen molar-refractivity contribution in [3.8, 4) is 11.5 Å². The monoisotopic (exact) mass is 591 g/mol. The molecule has 0 aliphatic rings. The number of benzene rings is 1. The van der Waals surface area contributed by atoms with E-state index in [0.29, 0.717) is 24.3 Å². The van der Waals surface area contributed by atoms with Gasteiger partial charge in [-0.2, -0.15) is 0 Å². The lowest BCUT2D eigenvalue weighted by atomic mass is 10.0. The summed E-state index contributed by atoms with van der Waals surface area (Å²) >= 11 is 0. The van der Waals surface area contributed by atoms with Crippen molar-refractivity contribution in [1.82, 2.24) is 0 Å². The van der Waals surface area contributed by atoms with Crippen molar-refractivity contribution in [3.05, 3.63) is 23.3 Å². The van der Waals surface area contributed by atoms with Gasteiger partial charge in [0.25, 0.3) is 0 Å². The molecule has 0 aliphatic carbocycles. The number of unbranched alkanes of at least 4 members (excludes halogenated alkanes) is 12. The van der Waals surface area contributed by atoms with Crippen molar-refractivity contribution in [2.24, 2.45) is 0 Å². The van der Waals surface area contributed by atoms with E-state index in [0.717, 1.165) is 71.5 Å². The number of ether oxygens (including phenoxy) is 2. The maximum Gasteiger partial charge on any atom is 0.311 e. The summed E-state index contributed by atoms with van der Waals surface area (Å²) < 4.78 is 13.6. The van der Waals surface area contributed by atoms with Gasteiger partial charge in [0.05, 0.1) is 55.4 Å². The van der Waals surface area contributed by atoms with Crippen LogP contribution in [0.15, 0.2) is 12.1 Å². The normalized spacial score (nSPS) is 12.0. The molecule has 0 heterocycles. The van der Waals surface area contributed by atoms with Crippen LogP contribution in [0.4, 0.5) is 0 Å². The van der Waals surface area contributed by atoms with E-state index in [4.69, 9.17) is 9.47 Å². The van der Waals surface area contributed by atoms with Crippen LogP contribution in [0.1, 0.15) is 128 Å². The fourth-order valence-electron chi connectivity index (χ4n) is 5.29. The van der Waals surface area contributed by atoms with Crippen LogP contribution >= 0.6 is 0 Å². The Morgan fingerprint density at radius 1 is 0.500 bits per heavy atom. The molecule has 42 heavy (non-hydrogen) atoms. The Labute approximate surface area is 259 Å². The number of rotatable bonds is 24. The predicted molar refractivity (Wildman–Crippen MR) is 176 cm³/mol. The third-order valence-corrected chi connectivity index (χ3v) is 7.90. The molecular formula is C36H66N2O4+2. The van der Waals surface area contributed by atoms with E-state index < -0.39 is 0 Å². The van der Waals surface area contributed by atoms with E-state index in [1.165, 1.54) is 64.5 Å². The molecule has 1 aromatic carbocycles. The van der Waals surface area contributed by atoms with Crippen LogP contribution in [0.25, 0.3) is 0 Å². The fraction of sp³-hybridized carbons (Fsp3) is 0.778. The Morgan fingerprint density at radius 3 is 1.07 bits per heavy atom. The molecule has 242 valence electrons. The molecule has 6 heteroatoms. The number of esters is 2. The summed E-state index contributed by atoms with van der Waals surface area (Å²) in [5.74, 6) is 0.271. The van der Waals surface area contributed by atoms with Crippen LogP contribution in [0.5, 0.6) is 11.5 Å². The summed E-state index contributed by atoms with van der Waals surface area (Å²) in [5.41, 5.74) is 2.26. The van der Waals surface area contributed by atoms with E-state index in [-0.39, 0.29) is 11.9 Å². The number of hydrogen-bond acceptors (Lipinski definition) is 4. The molecule has 0 radical (unpaired) electrons. The SMILES string of the molecule is CCc1cc(OC(=O)CCCCCCCCC[N+](C)(C)C)c(OC(=O)CCCCCCCCC[N+](C)(C)C)cc1CC. The zero-order valence-electron chi connectivity index (χ0n) is 28.8. The minimum absolute atomic E-state index is 0.247. The van der Waals surface area contributed by atoms with E-state index in [2.05, 4.69) is 56.1 Å². The van der Waals surface area contributed by atoms with Gasteiger partial charge in [-0.25, -0.2) is 0 Å². The predicted octanol–water partition coefficient (Wildman–Crippen LogP) is 8.28. The molecular weight excluding hydrogens is 524 g/mol. The second-order valence-corrected chi connectivity index (χ2v) is 14.2. The van der Waals surface area contributed by atoms with Crippen LogP contribution in [0, 0.1) is 0 Å². The van der Waals surface area contributed by atoms with Crippen LogP contribution in [-0.2, 0) is 22.4 Å². The minimum atomic E-state index is -0.247. The molecule has 0 amide bonds. The van der Waals surface area contributed by atoms with E-state index >= 15 is 0 Å². The highest BCUT2D eigenvalue weighted by atomic mass is 16.6. The number of carbonyl (C=O) groups is 2. The van der Waals surface area contributed by atoms with Crippen molar-refractivity contribution in [2.75, 3.05) is 55.4 Å². The molecule has 1 rings (SSSR count). The molecule has 1 aromatic rings. The van der Waals surface area contributed by atoms with Gasteiger partial charge in [-0.05, 0) is 74.6 Å². The van der Waals surface area contributed by atoms with Gasteiger partial charge in [-0.3, -0.25) is 9.59 Å². The number of hydrogen-bond donors (Lipinski definition) is 0. The van der Waals surface area contributed by atoms with Gasteiger partial charge >= 0.3 is 11.9 Å². The van der Waals surface area contributed by atoms with Crippen molar-refractivity contribution in [2.45, 2.75) is 129 Å². The van der Waals surface area contributed by atoms with Gasteiger partial charge in [0.1, 0.15) is 0 Å². The molecule has 0 unspecified atom stereocenters. The second kappa shape index (κ2) is 20.9. The lowest BCUT2D eigenvalue weighted by molar-refractivity contribution is -0.870. The molecule has 6 nitrogen and oxygen atoms in total. The van der Waals surface area contributed by atoms with Crippen LogP contribution < -0.4 is 9.47 Å². The van der Waals surface area contributed by atoms with E-state index in [1.54, 1.807) is 0 Å². The molecule has 0 bridgehead atoms. The third-order valence-electron chi connectivity index (χ3n) is 7.90. The Bertz CT molecular complexity index is 826. The van der Waals surface area contributed by atoms with Crippen LogP contribution in [0.2, 0.25) is 0 Å². The zero-order chi connectivity index (χ0) is 31.4. The first kappa shape index (κ1) is 38.1. The number of carbonyl (C=O) groups excluding carboxylic acids is 2. The zero-order valence-corrected chi connectivity index (χ0v) is 28.8. The average Bonchev–Trinajstić information content (AvgIpc) is 2.90. The van der Waals surface area contributed by atoms with Gasteiger partial charge in [0, 0.05) is 12.8 Å². The summed E-state index contributed by atoms with van der Waals surface area (Å²) in [7, 11) is 13.5. The standard InChI is InChI=1S/C36H66N2O4/c1-9-31-29-33(41-35(39)25-21-17-13-11-15-19-23-27-37(3,4)5)34(30-32(31)10-2)42-36(40)26-22-18-14-12-16-20-24-28-38(6,7)8/h29-30H,9-28H2,1-8H3/q+2. The molecule has 0 spiro atoms. The topological polar surface area (TPSA) is 52.6 Å². The first-order chi connectivity index (χ1) is 19.8. The van der Waals surface area contributed by atoms with Gasteiger partial charge in [-0.1, -0.05) is 65.2 Å². The lowest BCUT2D eigenvalue weighted by Gasteiger charge is -2.23. The first-order valence-electron chi connectivity index (χ1n) is 17.0. The third kappa shape index (κ3) is 19.3.